The van der Waals surface area contributed by atoms with Gasteiger partial charge < -0.3 is 5.32 Å². The summed E-state index contributed by atoms with van der Waals surface area (Å²) in [6, 6.07) is 0.116. The van der Waals surface area contributed by atoms with Crippen molar-refractivity contribution in [2.75, 3.05) is 6.54 Å². The molecule has 1 N–H and O–H groups in total. The molecule has 1 aliphatic rings. The van der Waals surface area contributed by atoms with E-state index in [1.807, 2.05) is 6.92 Å². The van der Waals surface area contributed by atoms with E-state index in [4.69, 9.17) is 0 Å². The highest BCUT2D eigenvalue weighted by Gasteiger charge is 2.24. The molecule has 0 spiro atoms. The quantitative estimate of drug-likeness (QED) is 0.450. The lowest BCUT2D eigenvalue weighted by Crippen LogP contribution is -2.52. The van der Waals surface area contributed by atoms with Crippen molar-refractivity contribution in [2.24, 2.45) is 0 Å². The monoisotopic (exact) mass is 89.1 g/mol. The maximum Gasteiger partial charge on any atom is 0.127 e. The Kier molecular flexibility index (Phi) is 0.804. The number of hydrogen-bond donors (Lipinski definition) is 1. The molecule has 1 fully saturated rings. The lowest BCUT2D eigenvalue weighted by atomic mass is 10.1. The molecule has 0 saturated carbocycles. The van der Waals surface area contributed by atoms with Crippen LogP contribution in [0.2, 0.25) is 0 Å². The fourth-order valence-electron chi connectivity index (χ4n) is 0.443. The second-order valence-corrected chi connectivity index (χ2v) is 1.71. The molecule has 0 aromatic carbocycles. The molecule has 1 saturated heterocycles. The number of rotatable bonds is 0. The zero-order valence-electron chi connectivity index (χ0n) is 3.74. The molecule has 1 heterocycles. The first-order chi connectivity index (χ1) is 2.80. The number of hydrogen-bond acceptors (Lipinski definition) is 1. The van der Waals surface area contributed by atoms with Gasteiger partial charge in [0.25, 0.3) is 0 Å². The molecule has 1 nitrogen and oxygen atoms in total. The number of nitrogens with one attached hydrogen (secondary N) is 1. The summed E-state index contributed by atoms with van der Waals surface area (Å²) in [5, 5.41) is 2.88. The van der Waals surface area contributed by atoms with Crippen molar-refractivity contribution in [1.29, 1.82) is 0 Å². The Balaban J connectivity index is 2.20. The minimum atomic E-state index is -0.579. The Morgan fingerprint density at radius 3 is 2.33 bits per heavy atom. The molecule has 6 heavy (non-hydrogen) atoms. The van der Waals surface area contributed by atoms with Gasteiger partial charge in [-0.05, 0) is 6.92 Å². The lowest BCUT2D eigenvalue weighted by molar-refractivity contribution is 0.171. The van der Waals surface area contributed by atoms with Gasteiger partial charge in [-0.15, -0.1) is 0 Å². The Labute approximate surface area is 36.5 Å². The van der Waals surface area contributed by atoms with Gasteiger partial charge in [-0.25, -0.2) is 4.39 Å². The minimum Gasteiger partial charge on any atom is -0.308 e. The summed E-state index contributed by atoms with van der Waals surface area (Å²) >= 11 is 0. The molecule has 0 aliphatic carbocycles. The molecular formula is C4H8FN. The first-order valence-corrected chi connectivity index (χ1v) is 2.18. The van der Waals surface area contributed by atoms with Crippen molar-refractivity contribution in [3.63, 3.8) is 0 Å². The van der Waals surface area contributed by atoms with Crippen LogP contribution in [0.5, 0.6) is 0 Å². The standard InChI is InChI=1S/C4H8FN/c1-3-4(5)2-6-3/h3-4,6H,2H2,1H3/t3-,4-/m0/s1. The summed E-state index contributed by atoms with van der Waals surface area (Å²) in [7, 11) is 0. The van der Waals surface area contributed by atoms with Crippen LogP contribution < -0.4 is 5.32 Å². The molecule has 0 aromatic heterocycles. The highest BCUT2D eigenvalue weighted by molar-refractivity contribution is 4.83. The van der Waals surface area contributed by atoms with Gasteiger partial charge >= 0.3 is 0 Å². The molecule has 2 heteroatoms. The third kappa shape index (κ3) is 0.411. The molecule has 0 radical (unpaired) electrons. The largest absolute Gasteiger partial charge is 0.308 e. The number of halogens is 1. The Hall–Kier alpha value is -0.110. The summed E-state index contributed by atoms with van der Waals surface area (Å²) in [5.74, 6) is 0. The molecule has 0 aromatic rings. The van der Waals surface area contributed by atoms with E-state index in [0.717, 1.165) is 0 Å². The first kappa shape index (κ1) is 4.06. The van der Waals surface area contributed by atoms with Crippen molar-refractivity contribution in [3.05, 3.63) is 0 Å². The SMILES string of the molecule is C[C@@H]1NC[C@@H]1F. The zero-order valence-corrected chi connectivity index (χ0v) is 3.74. The van der Waals surface area contributed by atoms with Crippen LogP contribution >= 0.6 is 0 Å². The van der Waals surface area contributed by atoms with Crippen LogP contribution in [-0.4, -0.2) is 18.8 Å². The minimum absolute atomic E-state index is 0.116. The van der Waals surface area contributed by atoms with E-state index in [9.17, 15) is 4.39 Å². The van der Waals surface area contributed by atoms with E-state index in [2.05, 4.69) is 5.32 Å². The third-order valence-corrected chi connectivity index (χ3v) is 1.18. The van der Waals surface area contributed by atoms with E-state index in [1.54, 1.807) is 0 Å². The van der Waals surface area contributed by atoms with Gasteiger partial charge in [-0.3, -0.25) is 0 Å². The normalized spacial score (nSPS) is 45.0. The van der Waals surface area contributed by atoms with E-state index >= 15 is 0 Å². The van der Waals surface area contributed by atoms with Crippen molar-refractivity contribution < 1.29 is 4.39 Å². The van der Waals surface area contributed by atoms with Crippen LogP contribution in [0, 0.1) is 0 Å². The van der Waals surface area contributed by atoms with Crippen molar-refractivity contribution in [3.8, 4) is 0 Å². The topological polar surface area (TPSA) is 12.0 Å². The number of alkyl halides is 1. The first-order valence-electron chi connectivity index (χ1n) is 2.18. The maximum absolute atomic E-state index is 11.8. The predicted octanol–water partition coefficient (Wildman–Crippen LogP) is 0.316. The maximum atomic E-state index is 11.8. The fraction of sp³-hybridized carbons (Fsp3) is 1.00. The van der Waals surface area contributed by atoms with Gasteiger partial charge in [0.2, 0.25) is 0 Å². The lowest BCUT2D eigenvalue weighted by Gasteiger charge is -2.28. The van der Waals surface area contributed by atoms with Crippen LogP contribution in [-0.2, 0) is 0 Å². The second-order valence-electron chi connectivity index (χ2n) is 1.71. The zero-order chi connectivity index (χ0) is 4.57. The van der Waals surface area contributed by atoms with Gasteiger partial charge in [-0.1, -0.05) is 0 Å². The Morgan fingerprint density at radius 1 is 1.83 bits per heavy atom. The van der Waals surface area contributed by atoms with Gasteiger partial charge in [0.1, 0.15) is 6.17 Å². The molecule has 0 unspecified atom stereocenters. The van der Waals surface area contributed by atoms with E-state index in [1.165, 1.54) is 0 Å². The van der Waals surface area contributed by atoms with E-state index in [0.29, 0.717) is 6.54 Å². The molecule has 1 rings (SSSR count). The molecule has 36 valence electrons. The third-order valence-electron chi connectivity index (χ3n) is 1.18. The molecule has 0 bridgehead atoms. The molecule has 0 amide bonds. The highest BCUT2D eigenvalue weighted by Crippen LogP contribution is 2.05. The van der Waals surface area contributed by atoms with Gasteiger partial charge in [0.15, 0.2) is 0 Å². The van der Waals surface area contributed by atoms with Crippen LogP contribution in [0.1, 0.15) is 6.92 Å². The van der Waals surface area contributed by atoms with Crippen molar-refractivity contribution >= 4 is 0 Å². The van der Waals surface area contributed by atoms with Crippen LogP contribution in [0.15, 0.2) is 0 Å². The second kappa shape index (κ2) is 1.19. The molecule has 2 atom stereocenters. The fourth-order valence-corrected chi connectivity index (χ4v) is 0.443. The smallest absolute Gasteiger partial charge is 0.127 e. The van der Waals surface area contributed by atoms with Crippen LogP contribution in [0.3, 0.4) is 0 Å². The average Bonchev–Trinajstić information content (AvgIpc) is 1.61. The summed E-state index contributed by atoms with van der Waals surface area (Å²) in [6.45, 7) is 2.40. The van der Waals surface area contributed by atoms with Crippen molar-refractivity contribution in [2.45, 2.75) is 19.1 Å². The van der Waals surface area contributed by atoms with E-state index in [-0.39, 0.29) is 6.04 Å². The van der Waals surface area contributed by atoms with Gasteiger partial charge in [-0.2, -0.15) is 0 Å². The van der Waals surface area contributed by atoms with Gasteiger partial charge in [0, 0.05) is 12.6 Å². The van der Waals surface area contributed by atoms with Gasteiger partial charge in [0.05, 0.1) is 0 Å². The van der Waals surface area contributed by atoms with Crippen molar-refractivity contribution in [1.82, 2.24) is 5.32 Å². The molecular weight excluding hydrogens is 81.0 g/mol. The summed E-state index contributed by atoms with van der Waals surface area (Å²) < 4.78 is 11.8. The molecule has 1 aliphatic heterocycles. The Bertz CT molecular complexity index is 47.5. The average molecular weight is 89.1 g/mol. The van der Waals surface area contributed by atoms with Crippen LogP contribution in [0.4, 0.5) is 4.39 Å². The summed E-state index contributed by atoms with van der Waals surface area (Å²) in [4.78, 5) is 0. The predicted molar refractivity (Wildman–Crippen MR) is 22.4 cm³/mol. The van der Waals surface area contributed by atoms with Crippen LogP contribution in [0.25, 0.3) is 0 Å². The summed E-state index contributed by atoms with van der Waals surface area (Å²) in [6.07, 6.45) is -0.579. The van der Waals surface area contributed by atoms with E-state index < -0.39 is 6.17 Å². The Morgan fingerprint density at radius 2 is 2.33 bits per heavy atom. The summed E-state index contributed by atoms with van der Waals surface area (Å²) in [5.41, 5.74) is 0. The highest BCUT2D eigenvalue weighted by atomic mass is 19.1.